The number of anilines is 1. The number of H-pyrrole nitrogens is 1. The van der Waals surface area contributed by atoms with Gasteiger partial charge in [0.05, 0.1) is 11.1 Å². The number of carbonyl (C=O) groups excluding carboxylic acids is 1. The minimum Gasteiger partial charge on any atom is -0.325 e. The Morgan fingerprint density at radius 1 is 1.25 bits per heavy atom. The Hall–Kier alpha value is -2.86. The molecule has 0 fully saturated rings. The van der Waals surface area contributed by atoms with Gasteiger partial charge < -0.3 is 15.2 Å². The molecule has 144 valence electrons. The van der Waals surface area contributed by atoms with Gasteiger partial charge in [-0.1, -0.05) is 29.8 Å². The summed E-state index contributed by atoms with van der Waals surface area (Å²) < 4.78 is 13.3. The van der Waals surface area contributed by atoms with Crippen LogP contribution in [-0.2, 0) is 6.42 Å². The zero-order valence-corrected chi connectivity index (χ0v) is 16.0. The Labute approximate surface area is 166 Å². The van der Waals surface area contributed by atoms with E-state index in [1.807, 2.05) is 18.2 Å². The van der Waals surface area contributed by atoms with Crippen molar-refractivity contribution in [2.24, 2.45) is 0 Å². The number of amides is 2. The highest BCUT2D eigenvalue weighted by atomic mass is 35.5. The molecule has 1 heterocycles. The predicted molar refractivity (Wildman–Crippen MR) is 108 cm³/mol. The third-order valence-corrected chi connectivity index (χ3v) is 5.54. The second-order valence-electron chi connectivity index (χ2n) is 6.97. The molecule has 0 saturated carbocycles. The highest BCUT2D eigenvalue weighted by Crippen LogP contribution is 2.36. The first-order valence-electron chi connectivity index (χ1n) is 9.08. The van der Waals surface area contributed by atoms with Crippen LogP contribution in [0.4, 0.5) is 14.9 Å². The van der Waals surface area contributed by atoms with E-state index in [9.17, 15) is 14.0 Å². The zero-order chi connectivity index (χ0) is 19.8. The van der Waals surface area contributed by atoms with Gasteiger partial charge in [-0.15, -0.1) is 0 Å². The third kappa shape index (κ3) is 3.24. The van der Waals surface area contributed by atoms with Gasteiger partial charge in [-0.3, -0.25) is 4.79 Å². The van der Waals surface area contributed by atoms with Crippen LogP contribution in [-0.4, -0.2) is 23.0 Å². The van der Waals surface area contributed by atoms with Crippen molar-refractivity contribution >= 4 is 34.1 Å². The van der Waals surface area contributed by atoms with Crippen LogP contribution in [0.3, 0.4) is 0 Å². The Kier molecular flexibility index (Phi) is 4.81. The van der Waals surface area contributed by atoms with Crippen LogP contribution >= 0.6 is 11.6 Å². The topological polar surface area (TPSA) is 65.2 Å². The summed E-state index contributed by atoms with van der Waals surface area (Å²) in [5.74, 6) is -0.537. The number of halogens is 2. The van der Waals surface area contributed by atoms with E-state index in [0.717, 1.165) is 35.9 Å². The molecular weight excluding hydrogens is 381 g/mol. The number of rotatable bonds is 2. The van der Waals surface area contributed by atoms with Crippen LogP contribution in [0.2, 0.25) is 5.02 Å². The highest BCUT2D eigenvalue weighted by molar-refractivity contribution is 6.31. The molecule has 3 aromatic rings. The molecule has 28 heavy (non-hydrogen) atoms. The summed E-state index contributed by atoms with van der Waals surface area (Å²) >= 11 is 5.80. The molecule has 0 bridgehead atoms. The van der Waals surface area contributed by atoms with Gasteiger partial charge in [-0.2, -0.15) is 0 Å². The van der Waals surface area contributed by atoms with Crippen molar-refractivity contribution in [3.63, 3.8) is 0 Å². The highest BCUT2D eigenvalue weighted by Gasteiger charge is 2.29. The molecule has 1 aliphatic rings. The summed E-state index contributed by atoms with van der Waals surface area (Å²) in [5, 5.41) is 4.20. The monoisotopic (exact) mass is 399 g/mol. The molecule has 0 radical (unpaired) electrons. The van der Waals surface area contributed by atoms with Crippen LogP contribution in [0, 0.1) is 5.82 Å². The second kappa shape index (κ2) is 7.28. The molecule has 0 spiro atoms. The molecule has 5 nitrogen and oxygen atoms in total. The normalized spacial score (nSPS) is 15.9. The minimum atomic E-state index is -0.537. The number of nitrogens with one attached hydrogen (secondary N) is 2. The number of carbonyl (C=O) groups is 1. The maximum absolute atomic E-state index is 13.3. The van der Waals surface area contributed by atoms with Gasteiger partial charge in [0.25, 0.3) is 5.56 Å². The summed E-state index contributed by atoms with van der Waals surface area (Å²) in [7, 11) is 1.72. The number of hydrogen-bond acceptors (Lipinski definition) is 2. The van der Waals surface area contributed by atoms with Gasteiger partial charge in [0.15, 0.2) is 0 Å². The molecule has 0 saturated heterocycles. The fourth-order valence-electron chi connectivity index (χ4n) is 3.86. The van der Waals surface area contributed by atoms with Crippen molar-refractivity contribution in [1.29, 1.82) is 0 Å². The largest absolute Gasteiger partial charge is 0.325 e. The standard InChI is InChI=1S/C21H19ClFN3O2/c1-26(21(28)24-12-9-10-16(23)15(22)11-12)18-8-4-7-17-19(18)13-5-2-3-6-14(13)20(27)25-17/h2-3,5-6,9-11,18H,4,7-8H2,1H3,(H,24,28)(H,25,27). The van der Waals surface area contributed by atoms with Crippen molar-refractivity contribution in [3.05, 3.63) is 74.9 Å². The van der Waals surface area contributed by atoms with E-state index in [2.05, 4.69) is 10.3 Å². The number of aryl methyl sites for hydroxylation is 1. The van der Waals surface area contributed by atoms with E-state index < -0.39 is 5.82 Å². The van der Waals surface area contributed by atoms with Gasteiger partial charge in [-0.25, -0.2) is 9.18 Å². The summed E-state index contributed by atoms with van der Waals surface area (Å²) in [4.78, 5) is 29.8. The molecule has 1 aromatic heterocycles. The maximum Gasteiger partial charge on any atom is 0.322 e. The lowest BCUT2D eigenvalue weighted by atomic mass is 9.87. The van der Waals surface area contributed by atoms with E-state index in [-0.39, 0.29) is 22.7 Å². The molecule has 1 atom stereocenters. The van der Waals surface area contributed by atoms with Gasteiger partial charge in [-0.05, 0) is 48.9 Å². The predicted octanol–water partition coefficient (Wildman–Crippen LogP) is 4.86. The molecule has 2 aromatic carbocycles. The fraction of sp³-hybridized carbons (Fsp3) is 0.238. The maximum atomic E-state index is 13.3. The van der Waals surface area contributed by atoms with Gasteiger partial charge in [0, 0.05) is 29.4 Å². The second-order valence-corrected chi connectivity index (χ2v) is 7.38. The number of fused-ring (bicyclic) bond motifs is 3. The van der Waals surface area contributed by atoms with Crippen LogP contribution < -0.4 is 10.9 Å². The zero-order valence-electron chi connectivity index (χ0n) is 15.3. The quantitative estimate of drug-likeness (QED) is 0.646. The van der Waals surface area contributed by atoms with E-state index in [4.69, 9.17) is 11.6 Å². The molecule has 1 unspecified atom stereocenters. The smallest absolute Gasteiger partial charge is 0.322 e. The summed E-state index contributed by atoms with van der Waals surface area (Å²) in [5.41, 5.74) is 2.18. The molecule has 2 amide bonds. The van der Waals surface area contributed by atoms with Crippen molar-refractivity contribution in [3.8, 4) is 0 Å². The molecular formula is C21H19ClFN3O2. The molecule has 1 aliphatic carbocycles. The number of aromatic nitrogens is 1. The van der Waals surface area contributed by atoms with Crippen molar-refractivity contribution < 1.29 is 9.18 Å². The Morgan fingerprint density at radius 3 is 2.75 bits per heavy atom. The van der Waals surface area contributed by atoms with Crippen molar-refractivity contribution in [2.75, 3.05) is 12.4 Å². The summed E-state index contributed by atoms with van der Waals surface area (Å²) in [6.45, 7) is 0. The number of aromatic amines is 1. The van der Waals surface area contributed by atoms with Crippen LogP contribution in [0.5, 0.6) is 0 Å². The minimum absolute atomic E-state index is 0.0490. The number of urea groups is 1. The van der Waals surface area contributed by atoms with E-state index in [0.29, 0.717) is 11.1 Å². The SMILES string of the molecule is CN(C(=O)Nc1ccc(F)c(Cl)c1)C1CCCc2[nH]c(=O)c3ccccc3c21. The van der Waals surface area contributed by atoms with Crippen molar-refractivity contribution in [1.82, 2.24) is 9.88 Å². The molecule has 0 aliphatic heterocycles. The number of pyridine rings is 1. The number of nitrogens with zero attached hydrogens (tertiary/aromatic N) is 1. The summed E-state index contributed by atoms with van der Waals surface area (Å²) in [6.07, 6.45) is 2.43. The Morgan fingerprint density at radius 2 is 2.00 bits per heavy atom. The average molecular weight is 400 g/mol. The number of hydrogen-bond donors (Lipinski definition) is 2. The van der Waals surface area contributed by atoms with E-state index in [1.54, 1.807) is 18.0 Å². The number of benzene rings is 2. The lowest BCUT2D eigenvalue weighted by molar-refractivity contribution is 0.197. The first kappa shape index (κ1) is 18.5. The first-order valence-corrected chi connectivity index (χ1v) is 9.46. The van der Waals surface area contributed by atoms with Crippen LogP contribution in [0.1, 0.15) is 30.1 Å². The molecule has 2 N–H and O–H groups in total. The lowest BCUT2D eigenvalue weighted by Gasteiger charge is -2.34. The average Bonchev–Trinajstić information content (AvgIpc) is 2.70. The Balaban J connectivity index is 1.69. The Bertz CT molecular complexity index is 1130. The van der Waals surface area contributed by atoms with E-state index in [1.165, 1.54) is 18.2 Å². The van der Waals surface area contributed by atoms with Crippen LogP contribution in [0.15, 0.2) is 47.3 Å². The molecule has 4 rings (SSSR count). The fourth-order valence-corrected chi connectivity index (χ4v) is 4.04. The third-order valence-electron chi connectivity index (χ3n) is 5.25. The molecule has 7 heteroatoms. The van der Waals surface area contributed by atoms with Crippen LogP contribution in [0.25, 0.3) is 10.8 Å². The first-order chi connectivity index (χ1) is 13.5. The van der Waals surface area contributed by atoms with Crippen molar-refractivity contribution in [2.45, 2.75) is 25.3 Å². The summed E-state index contributed by atoms with van der Waals surface area (Å²) in [6, 6.07) is 11.0. The van der Waals surface area contributed by atoms with Gasteiger partial charge >= 0.3 is 6.03 Å². The lowest BCUT2D eigenvalue weighted by Crippen LogP contribution is -2.37. The van der Waals surface area contributed by atoms with Gasteiger partial charge in [0.2, 0.25) is 0 Å². The van der Waals surface area contributed by atoms with E-state index >= 15 is 0 Å². The van der Waals surface area contributed by atoms with Gasteiger partial charge in [0.1, 0.15) is 5.82 Å².